The van der Waals surface area contributed by atoms with Gasteiger partial charge in [0.15, 0.2) is 0 Å². The number of halogens is 12. The van der Waals surface area contributed by atoms with E-state index in [-0.39, 0.29) is 99.0 Å². The summed E-state index contributed by atoms with van der Waals surface area (Å²) < 4.78 is 218. The molecule has 3 aromatic rings. The summed E-state index contributed by atoms with van der Waals surface area (Å²) in [5.74, 6) is -0.290. The molecule has 0 spiro atoms. The quantitative estimate of drug-likeness (QED) is 0.0161. The second kappa shape index (κ2) is 35.4. The molecule has 10 aliphatic rings. The summed E-state index contributed by atoms with van der Waals surface area (Å²) in [6.45, 7) is 9.99. The molecule has 22 nitrogen and oxygen atoms in total. The number of rotatable bonds is 10. The largest absolute Gasteiger partial charge is 0.522 e. The number of alkyl halides is 12. The average molecular weight is 1550 g/mol. The van der Waals surface area contributed by atoms with Crippen molar-refractivity contribution in [2.75, 3.05) is 7.11 Å². The summed E-state index contributed by atoms with van der Waals surface area (Å²) in [6.07, 6.45) is 8.02. The van der Waals surface area contributed by atoms with Crippen molar-refractivity contribution < 1.29 is 147 Å². The maximum atomic E-state index is 13.1. The fraction of sp³-hybridized carbons (Fsp3) is 0.635. The van der Waals surface area contributed by atoms with Gasteiger partial charge in [0, 0.05) is 73.9 Å². The van der Waals surface area contributed by atoms with E-state index in [0.29, 0.717) is 48.5 Å². The number of aliphatic hydroxyl groups excluding tert-OH is 1. The number of nitrogens with zero attached hydrogens (tertiary/aromatic N) is 6. The summed E-state index contributed by atoms with van der Waals surface area (Å²) in [7, 11) is -16.5. The third-order valence-corrected chi connectivity index (χ3v) is 20.8. The van der Waals surface area contributed by atoms with Crippen molar-refractivity contribution in [2.45, 2.75) is 178 Å². The first-order chi connectivity index (χ1) is 45.0. The molecule has 0 aromatic heterocycles. The third kappa shape index (κ3) is 23.7. The molecule has 1 radical (unpaired) electrons. The smallest absolute Gasteiger partial charge is 0.459 e. The first kappa shape index (κ1) is 91.4. The minimum absolute atomic E-state index is 0. The van der Waals surface area contributed by atoms with Crippen molar-refractivity contribution in [2.24, 2.45) is 74.3 Å². The van der Waals surface area contributed by atoms with Crippen LogP contribution >= 0.6 is 0 Å². The molecule has 3 unspecified atom stereocenters. The second-order valence-corrected chi connectivity index (χ2v) is 30.9. The van der Waals surface area contributed by atoms with Gasteiger partial charge in [-0.1, -0.05) is 142 Å². The Labute approximate surface area is 596 Å². The number of ketones is 1. The molecule has 10 fully saturated rings. The van der Waals surface area contributed by atoms with Crippen molar-refractivity contribution >= 4 is 48.0 Å². The van der Waals surface area contributed by atoms with Crippen LogP contribution in [0, 0.1) is 64.1 Å². The molecule has 0 heterocycles. The number of benzene rings is 3. The van der Waals surface area contributed by atoms with Crippen LogP contribution in [-0.4, -0.2) is 108 Å². The summed E-state index contributed by atoms with van der Waals surface area (Å²) >= 11 is 0. The number of Topliss-reactive ketones (excluding diaryl/α,β-unsaturated/α-hetero) is 1. The van der Waals surface area contributed by atoms with Crippen LogP contribution in [0.2, 0.25) is 0 Å². The second-order valence-electron chi connectivity index (χ2n) is 26.7. The Bertz CT molecular complexity index is 3650. The van der Waals surface area contributed by atoms with Crippen LogP contribution in [0.3, 0.4) is 0 Å². The minimum atomic E-state index is -5.84. The number of carbonyl (C=O) groups is 3. The standard InChI is InChI=1S/C22H26F3NO3.C18H23N3O.C17H19N3O.3CHF3O3S.CH4O.2CH4.Sc/c1-13(27)29-21-10-14-8-16(11-20(2,9-14)12-21)17(21)18(15-6-4-3-5-7-15)26-19(28)22(23,24)25;1-17-8-12-7-14(10-17)15(18(22,9-12)11-17)16(20-21-19)13-5-3-2-4-6-13;1-11-7-12-9-14(8-11)16(15(21)10-12)17(19-20-18)13-5-3-2-4-6-13;3*2-1(3,4)8(5,6)7;1-2;;;/h3-7,14,16-18H,8-12H2,1-2H3,(H,26,28);2-6,12,14-16,22H,7-11H2,1H3;2-6,12,14,16-17H,1,7-10H2;3*(H,5,6,7);2H,1H3;2*1H4;/t14-,16?,17+,18-,20+,21-;12-,14?,15+,16-,17+,18-;12-,14?,16+,17+;;;;;;;/m001......./s1. The van der Waals surface area contributed by atoms with Gasteiger partial charge >= 0.3 is 64.9 Å². The first-order valence-corrected chi connectivity index (χ1v) is 34.6. The van der Waals surface area contributed by atoms with E-state index in [1.54, 1.807) is 30.3 Å². The molecular formula is C63H83F12N7O15S3Sc. The molecule has 10 saturated carbocycles. The summed E-state index contributed by atoms with van der Waals surface area (Å²) in [5, 5.41) is 28.8. The Morgan fingerprint density at radius 3 is 1.34 bits per heavy atom. The van der Waals surface area contributed by atoms with Crippen molar-refractivity contribution in [3.63, 3.8) is 0 Å². The molecular weight excluding hydrogens is 1460 g/mol. The van der Waals surface area contributed by atoms with Gasteiger partial charge in [-0.15, -0.1) is 0 Å². The van der Waals surface area contributed by atoms with Gasteiger partial charge in [-0.25, -0.2) is 0 Å². The molecule has 16 atom stereocenters. The fourth-order valence-electron chi connectivity index (χ4n) is 17.1. The minimum Gasteiger partial charge on any atom is -0.459 e. The molecule has 0 aliphatic heterocycles. The number of nitrogens with one attached hydrogen (secondary N) is 1. The van der Waals surface area contributed by atoms with Gasteiger partial charge in [0.25, 0.3) is 0 Å². The molecule has 13 rings (SSSR count). The molecule has 3 aromatic carbocycles. The van der Waals surface area contributed by atoms with Crippen LogP contribution in [0.15, 0.2) is 113 Å². The Morgan fingerprint density at radius 1 is 0.584 bits per heavy atom. The van der Waals surface area contributed by atoms with Crippen LogP contribution in [-0.2, 0) is 75.3 Å². The van der Waals surface area contributed by atoms with Crippen molar-refractivity contribution in [1.29, 1.82) is 0 Å². The number of aliphatic hydroxyl groups is 2. The maximum absolute atomic E-state index is 13.1. The van der Waals surface area contributed by atoms with Gasteiger partial charge in [0.1, 0.15) is 11.4 Å². The Kier molecular flexibility index (Phi) is 32.0. The number of amides is 1. The van der Waals surface area contributed by atoms with Crippen LogP contribution in [0.1, 0.15) is 160 Å². The van der Waals surface area contributed by atoms with Gasteiger partial charge in [-0.3, -0.25) is 28.0 Å². The summed E-state index contributed by atoms with van der Waals surface area (Å²) in [6, 6.07) is 26.9. The van der Waals surface area contributed by atoms with E-state index < -0.39 is 82.2 Å². The van der Waals surface area contributed by atoms with E-state index in [9.17, 15) is 72.2 Å². The van der Waals surface area contributed by atoms with Gasteiger partial charge in [-0.05, 0) is 158 Å². The van der Waals surface area contributed by atoms with Gasteiger partial charge in [-0.2, -0.15) is 77.9 Å². The normalized spacial score (nSPS) is 29.5. The average Bonchev–Trinajstić information content (AvgIpc) is 0.717. The molecule has 38 heteroatoms. The predicted octanol–water partition coefficient (Wildman–Crippen LogP) is 15.8. The van der Waals surface area contributed by atoms with E-state index in [1.165, 1.54) is 31.8 Å². The number of hydrogen-bond acceptors (Lipinski definition) is 14. The zero-order valence-corrected chi connectivity index (χ0v) is 57.8. The van der Waals surface area contributed by atoms with Crippen LogP contribution in [0.25, 0.3) is 20.9 Å². The molecule has 565 valence electrons. The molecule has 1 amide bonds. The molecule has 10 aliphatic carbocycles. The number of hydrogen-bond donors (Lipinski definition) is 6. The number of carbonyl (C=O) groups excluding carboxylic acids is 3. The fourth-order valence-corrected chi connectivity index (χ4v) is 17.1. The predicted molar refractivity (Wildman–Crippen MR) is 340 cm³/mol. The van der Waals surface area contributed by atoms with Gasteiger partial charge < -0.3 is 20.3 Å². The summed E-state index contributed by atoms with van der Waals surface area (Å²) in [4.78, 5) is 42.7. The molecule has 0 saturated heterocycles. The summed E-state index contributed by atoms with van der Waals surface area (Å²) in [5.41, 5.74) is 4.01. The van der Waals surface area contributed by atoms with E-state index >= 15 is 0 Å². The van der Waals surface area contributed by atoms with Gasteiger partial charge in [0.05, 0.1) is 23.7 Å². The number of ether oxygens (including phenoxy) is 1. The number of esters is 1. The molecule has 10 bridgehead atoms. The molecule has 6 N–H and O–H groups in total. The zero-order chi connectivity index (χ0) is 74.2. The Balaban J connectivity index is 0.000000437. The van der Waals surface area contributed by atoms with Crippen molar-refractivity contribution in [3.8, 4) is 0 Å². The monoisotopic (exact) mass is 1550 g/mol. The topological polar surface area (TPSA) is 374 Å². The zero-order valence-electron chi connectivity index (χ0n) is 53.5. The number of fused-ring (bicyclic) bond motifs is 2. The van der Waals surface area contributed by atoms with E-state index in [0.717, 1.165) is 69.6 Å². The Hall–Kier alpha value is -5.69. The maximum Gasteiger partial charge on any atom is 0.522 e. The van der Waals surface area contributed by atoms with Gasteiger partial charge in [0.2, 0.25) is 0 Å². The van der Waals surface area contributed by atoms with Crippen LogP contribution in [0.4, 0.5) is 52.7 Å². The van der Waals surface area contributed by atoms with Crippen molar-refractivity contribution in [1.82, 2.24) is 5.32 Å². The van der Waals surface area contributed by atoms with Crippen LogP contribution in [0.5, 0.6) is 0 Å². The van der Waals surface area contributed by atoms with E-state index in [2.05, 4.69) is 45.8 Å². The molecule has 101 heavy (non-hydrogen) atoms. The van der Waals surface area contributed by atoms with Crippen LogP contribution < -0.4 is 5.32 Å². The third-order valence-electron chi connectivity index (χ3n) is 19.1. The Morgan fingerprint density at radius 2 is 0.960 bits per heavy atom. The number of azide groups is 2. The number of allylic oxidation sites excluding steroid dienone is 1. The first-order valence-electron chi connectivity index (χ1n) is 30.3. The SMILES string of the molecule is C.C.C=C1CC2C[C@@H](C1)CC(=O)[C@H]2[C@@H](N=[N+]=[N-])c1ccccc1.CC(=O)O[C@@]12C[C@H]3CC(C[C@@](C)(C3)C1)[C@@H]2[C@@H](NC(=O)C(F)(F)F)c1ccccc1.CO.C[C@]12CC3C[C@@H](C1)C[C@](O)(C2)[C@H]3[C@@H](N=[N+]=[N-])c1ccccc1.O=S(=O)(O)C(F)(F)F.O=S(=O)(O)C(F)(F)F.O=S(=O)(O)C(F)(F)F.[Sc]. The van der Waals surface area contributed by atoms with E-state index in [1.807, 2.05) is 60.7 Å². The van der Waals surface area contributed by atoms with E-state index in [4.69, 9.17) is 59.8 Å². The van der Waals surface area contributed by atoms with Crippen molar-refractivity contribution in [3.05, 3.63) is 141 Å².